The average Bonchev–Trinajstić information content (AvgIpc) is 3.12. The van der Waals surface area contributed by atoms with Gasteiger partial charge < -0.3 is 13.9 Å². The fourth-order valence-electron chi connectivity index (χ4n) is 3.76. The Labute approximate surface area is 139 Å². The van der Waals surface area contributed by atoms with Gasteiger partial charge in [-0.25, -0.2) is 0 Å². The highest BCUT2D eigenvalue weighted by Gasteiger charge is 2.48. The standard InChI is InChI=1S/C19H18O5/c1-19-5-3-11-10-24-14(12-4-6-23-9-12)7-13(11)17(19)18(21)15(22-2)8-16(19)20/h3-4,6,8-9,14H,5,7,10H2,1-2H3/t14-,19+/m1/s1. The van der Waals surface area contributed by atoms with Gasteiger partial charge in [-0.1, -0.05) is 6.08 Å². The van der Waals surface area contributed by atoms with Crippen molar-refractivity contribution < 1.29 is 23.5 Å². The molecular formula is C19H18O5. The van der Waals surface area contributed by atoms with Crippen LogP contribution in [0.25, 0.3) is 0 Å². The molecule has 1 fully saturated rings. The van der Waals surface area contributed by atoms with Crippen LogP contribution >= 0.6 is 0 Å². The highest BCUT2D eigenvalue weighted by Crippen LogP contribution is 2.49. The van der Waals surface area contributed by atoms with E-state index < -0.39 is 5.41 Å². The summed E-state index contributed by atoms with van der Waals surface area (Å²) in [5, 5.41) is 0. The third-order valence-corrected chi connectivity index (χ3v) is 5.22. The molecule has 2 atom stereocenters. The number of fused-ring (bicyclic) bond motifs is 2. The van der Waals surface area contributed by atoms with E-state index in [-0.39, 0.29) is 23.4 Å². The summed E-state index contributed by atoms with van der Waals surface area (Å²) >= 11 is 0. The Kier molecular flexibility index (Phi) is 3.35. The average molecular weight is 326 g/mol. The van der Waals surface area contributed by atoms with Crippen molar-refractivity contribution in [2.24, 2.45) is 5.41 Å². The van der Waals surface area contributed by atoms with Crippen LogP contribution in [0.2, 0.25) is 0 Å². The van der Waals surface area contributed by atoms with E-state index in [1.807, 2.05) is 19.1 Å². The van der Waals surface area contributed by atoms with Crippen LogP contribution in [0.5, 0.6) is 0 Å². The van der Waals surface area contributed by atoms with Gasteiger partial charge in [0, 0.05) is 23.6 Å². The van der Waals surface area contributed by atoms with Gasteiger partial charge in [0.2, 0.25) is 5.78 Å². The third-order valence-electron chi connectivity index (χ3n) is 5.22. The van der Waals surface area contributed by atoms with Gasteiger partial charge in [-0.05, 0) is 30.6 Å². The van der Waals surface area contributed by atoms with Gasteiger partial charge in [0.25, 0.3) is 0 Å². The smallest absolute Gasteiger partial charge is 0.224 e. The van der Waals surface area contributed by atoms with E-state index >= 15 is 0 Å². The molecule has 0 radical (unpaired) electrons. The lowest BCUT2D eigenvalue weighted by Crippen LogP contribution is -2.41. The van der Waals surface area contributed by atoms with Crippen molar-refractivity contribution in [1.82, 2.24) is 0 Å². The number of rotatable bonds is 2. The first-order chi connectivity index (χ1) is 11.5. The van der Waals surface area contributed by atoms with Crippen molar-refractivity contribution in [2.45, 2.75) is 25.9 Å². The van der Waals surface area contributed by atoms with Crippen LogP contribution in [0.4, 0.5) is 0 Å². The maximum absolute atomic E-state index is 12.9. The molecule has 0 spiro atoms. The number of ketones is 2. The van der Waals surface area contributed by atoms with E-state index in [1.165, 1.54) is 13.2 Å². The molecule has 2 heterocycles. The molecule has 0 unspecified atom stereocenters. The van der Waals surface area contributed by atoms with Gasteiger partial charge >= 0.3 is 0 Å². The lowest BCUT2D eigenvalue weighted by atomic mass is 9.64. The molecule has 0 saturated carbocycles. The van der Waals surface area contributed by atoms with Crippen LogP contribution in [0.3, 0.4) is 0 Å². The Morgan fingerprint density at radius 1 is 1.33 bits per heavy atom. The minimum atomic E-state index is -0.809. The molecule has 0 amide bonds. The summed E-state index contributed by atoms with van der Waals surface area (Å²) in [5.41, 5.74) is 2.62. The van der Waals surface area contributed by atoms with Crippen molar-refractivity contribution in [3.05, 3.63) is 58.8 Å². The van der Waals surface area contributed by atoms with Gasteiger partial charge in [-0.15, -0.1) is 0 Å². The maximum atomic E-state index is 12.9. The Bertz CT molecular complexity index is 809. The fourth-order valence-corrected chi connectivity index (χ4v) is 3.76. The van der Waals surface area contributed by atoms with Crippen molar-refractivity contribution in [3.8, 4) is 0 Å². The molecule has 3 aliphatic rings. The van der Waals surface area contributed by atoms with Gasteiger partial charge in [-0.2, -0.15) is 0 Å². The Hall–Kier alpha value is -2.40. The van der Waals surface area contributed by atoms with Crippen molar-refractivity contribution in [3.63, 3.8) is 0 Å². The van der Waals surface area contributed by atoms with Crippen molar-refractivity contribution >= 4 is 11.6 Å². The van der Waals surface area contributed by atoms with Gasteiger partial charge in [0.15, 0.2) is 11.5 Å². The monoisotopic (exact) mass is 326 g/mol. The minimum absolute atomic E-state index is 0.0805. The van der Waals surface area contributed by atoms with E-state index in [4.69, 9.17) is 13.9 Å². The first-order valence-corrected chi connectivity index (χ1v) is 7.96. The summed E-state index contributed by atoms with van der Waals surface area (Å²) in [6.07, 6.45) is 7.50. The number of allylic oxidation sites excluding steroid dienone is 3. The molecule has 2 aliphatic carbocycles. The van der Waals surface area contributed by atoms with Crippen LogP contribution in [0.15, 0.2) is 57.6 Å². The van der Waals surface area contributed by atoms with Crippen LogP contribution in [-0.4, -0.2) is 25.3 Å². The Balaban J connectivity index is 1.83. The molecule has 1 aliphatic heterocycles. The second-order valence-electron chi connectivity index (χ2n) is 6.59. The maximum Gasteiger partial charge on any atom is 0.224 e. The number of hydrogen-bond acceptors (Lipinski definition) is 5. The number of hydrogen-bond donors (Lipinski definition) is 0. The lowest BCUT2D eigenvalue weighted by molar-refractivity contribution is -0.127. The van der Waals surface area contributed by atoms with Crippen molar-refractivity contribution in [1.29, 1.82) is 0 Å². The first kappa shape index (κ1) is 15.1. The summed E-state index contributed by atoms with van der Waals surface area (Å²) in [5.74, 6) is -0.149. The molecule has 24 heavy (non-hydrogen) atoms. The normalized spacial score (nSPS) is 29.7. The highest BCUT2D eigenvalue weighted by molar-refractivity contribution is 6.21. The zero-order valence-corrected chi connectivity index (χ0v) is 13.6. The molecule has 1 aromatic rings. The van der Waals surface area contributed by atoms with E-state index in [1.54, 1.807) is 12.5 Å². The quantitative estimate of drug-likeness (QED) is 0.835. The fraction of sp³-hybridized carbons (Fsp3) is 0.368. The second-order valence-corrected chi connectivity index (χ2v) is 6.59. The SMILES string of the molecule is COC1=CC(=O)[C@]2(C)CC=C3CO[C@@H](c4ccoc4)CC3=C2C1=O. The van der Waals surface area contributed by atoms with Crippen LogP contribution in [0, 0.1) is 5.41 Å². The van der Waals surface area contributed by atoms with Crippen LogP contribution < -0.4 is 0 Å². The van der Waals surface area contributed by atoms with E-state index in [2.05, 4.69) is 0 Å². The molecule has 0 aromatic carbocycles. The number of methoxy groups -OCH3 is 1. The molecular weight excluding hydrogens is 308 g/mol. The topological polar surface area (TPSA) is 65.7 Å². The van der Waals surface area contributed by atoms with Gasteiger partial charge in [0.1, 0.15) is 0 Å². The predicted octanol–water partition coefficient (Wildman–Crippen LogP) is 3.06. The summed E-state index contributed by atoms with van der Waals surface area (Å²) in [4.78, 5) is 25.5. The number of Topliss-reactive ketones (excluding diaryl/α,β-unsaturated/α-hetero) is 1. The number of ether oxygens (including phenoxy) is 2. The van der Waals surface area contributed by atoms with Gasteiger partial charge in [-0.3, -0.25) is 9.59 Å². The zero-order chi connectivity index (χ0) is 16.9. The largest absolute Gasteiger partial charge is 0.493 e. The lowest BCUT2D eigenvalue weighted by Gasteiger charge is -2.40. The molecule has 0 N–H and O–H groups in total. The number of furan rings is 1. The molecule has 5 nitrogen and oxygen atoms in total. The second kappa shape index (κ2) is 5.31. The third kappa shape index (κ3) is 2.04. The molecule has 5 heteroatoms. The van der Waals surface area contributed by atoms with E-state index in [0.29, 0.717) is 25.0 Å². The summed E-state index contributed by atoms with van der Waals surface area (Å²) < 4.78 is 16.2. The van der Waals surface area contributed by atoms with Gasteiger partial charge in [0.05, 0.1) is 37.8 Å². The Morgan fingerprint density at radius 2 is 2.17 bits per heavy atom. The van der Waals surface area contributed by atoms with E-state index in [9.17, 15) is 9.59 Å². The molecule has 0 bridgehead atoms. The molecule has 124 valence electrons. The summed E-state index contributed by atoms with van der Waals surface area (Å²) in [7, 11) is 1.42. The van der Waals surface area contributed by atoms with Crippen LogP contribution in [0.1, 0.15) is 31.4 Å². The summed E-state index contributed by atoms with van der Waals surface area (Å²) in [6.45, 7) is 2.27. The minimum Gasteiger partial charge on any atom is -0.493 e. The molecule has 1 saturated heterocycles. The zero-order valence-electron chi connectivity index (χ0n) is 13.6. The van der Waals surface area contributed by atoms with Crippen molar-refractivity contribution in [2.75, 3.05) is 13.7 Å². The van der Waals surface area contributed by atoms with E-state index in [0.717, 1.165) is 16.7 Å². The number of carbonyl (C=O) groups is 2. The Morgan fingerprint density at radius 3 is 2.88 bits per heavy atom. The van der Waals surface area contributed by atoms with Crippen LogP contribution in [-0.2, 0) is 19.1 Å². The predicted molar refractivity (Wildman–Crippen MR) is 85.0 cm³/mol. The highest BCUT2D eigenvalue weighted by atomic mass is 16.5. The number of carbonyl (C=O) groups excluding carboxylic acids is 2. The summed E-state index contributed by atoms with van der Waals surface area (Å²) in [6, 6.07) is 1.86. The molecule has 1 aromatic heterocycles. The first-order valence-electron chi connectivity index (χ1n) is 7.96. The molecule has 4 rings (SSSR count).